The summed E-state index contributed by atoms with van der Waals surface area (Å²) in [6.07, 6.45) is 0. The number of benzene rings is 2. The quantitative estimate of drug-likeness (QED) is 0.737. The molecule has 0 aliphatic carbocycles. The first kappa shape index (κ1) is 20.4. The highest BCUT2D eigenvalue weighted by molar-refractivity contribution is 6.45. The van der Waals surface area contributed by atoms with Crippen LogP contribution in [0.2, 0.25) is 0 Å². The minimum absolute atomic E-state index is 0.221. The van der Waals surface area contributed by atoms with Crippen LogP contribution in [0.25, 0.3) is 5.57 Å². The van der Waals surface area contributed by atoms with Gasteiger partial charge in [-0.05, 0) is 74.7 Å². The number of imide groups is 1. The van der Waals surface area contributed by atoms with Crippen LogP contribution in [0.3, 0.4) is 0 Å². The lowest BCUT2D eigenvalue weighted by Gasteiger charge is -2.34. The predicted molar refractivity (Wildman–Crippen MR) is 120 cm³/mol. The fourth-order valence-electron chi connectivity index (χ4n) is 4.10. The molecule has 2 aromatic carbocycles. The van der Waals surface area contributed by atoms with E-state index in [-0.39, 0.29) is 11.8 Å². The Bertz CT molecular complexity index is 1060. The van der Waals surface area contributed by atoms with Gasteiger partial charge in [0.1, 0.15) is 5.70 Å². The topological polar surface area (TPSA) is 43.9 Å². The lowest BCUT2D eigenvalue weighted by Crippen LogP contribution is -2.46. The minimum atomic E-state index is -0.236. The van der Waals surface area contributed by atoms with Gasteiger partial charge in [0.25, 0.3) is 11.8 Å². The maximum atomic E-state index is 13.6. The molecule has 30 heavy (non-hydrogen) atoms. The molecule has 2 heterocycles. The average Bonchev–Trinajstić information content (AvgIpc) is 2.97. The molecular formula is C25H29N3O2. The number of amides is 2. The van der Waals surface area contributed by atoms with Gasteiger partial charge < -0.3 is 9.80 Å². The van der Waals surface area contributed by atoms with E-state index in [9.17, 15) is 9.59 Å². The number of piperazine rings is 1. The Hall–Kier alpha value is -2.92. The van der Waals surface area contributed by atoms with E-state index in [2.05, 4.69) is 23.8 Å². The Morgan fingerprint density at radius 3 is 1.90 bits per heavy atom. The predicted octanol–water partition coefficient (Wildman–Crippen LogP) is 3.45. The number of likely N-dealkylation sites (N-methyl/N-ethyl adjacent to an activating group) is 1. The van der Waals surface area contributed by atoms with Crippen LogP contribution < -0.4 is 4.90 Å². The largest absolute Gasteiger partial charge is 0.364 e. The molecule has 0 spiro atoms. The second-order valence-corrected chi connectivity index (χ2v) is 8.53. The Morgan fingerprint density at radius 1 is 0.700 bits per heavy atom. The van der Waals surface area contributed by atoms with Gasteiger partial charge in [0.2, 0.25) is 0 Å². The maximum Gasteiger partial charge on any atom is 0.282 e. The van der Waals surface area contributed by atoms with E-state index in [1.54, 1.807) is 0 Å². The van der Waals surface area contributed by atoms with E-state index >= 15 is 0 Å². The monoisotopic (exact) mass is 403 g/mol. The van der Waals surface area contributed by atoms with Gasteiger partial charge in [0.05, 0.1) is 11.3 Å². The highest BCUT2D eigenvalue weighted by Crippen LogP contribution is 2.36. The molecular weight excluding hydrogens is 374 g/mol. The first-order chi connectivity index (χ1) is 14.3. The molecule has 0 unspecified atom stereocenters. The molecule has 2 aliphatic heterocycles. The van der Waals surface area contributed by atoms with Crippen molar-refractivity contribution in [2.24, 2.45) is 0 Å². The van der Waals surface area contributed by atoms with Crippen molar-refractivity contribution < 1.29 is 9.59 Å². The van der Waals surface area contributed by atoms with Crippen LogP contribution in [0.15, 0.2) is 42.1 Å². The zero-order valence-corrected chi connectivity index (χ0v) is 18.5. The minimum Gasteiger partial charge on any atom is -0.364 e. The molecule has 0 aromatic heterocycles. The Balaban J connectivity index is 1.83. The van der Waals surface area contributed by atoms with E-state index in [4.69, 9.17) is 0 Å². The van der Waals surface area contributed by atoms with Crippen molar-refractivity contribution >= 4 is 23.1 Å². The van der Waals surface area contributed by atoms with E-state index < -0.39 is 0 Å². The van der Waals surface area contributed by atoms with E-state index in [0.29, 0.717) is 17.0 Å². The molecule has 2 aromatic rings. The Morgan fingerprint density at radius 2 is 1.30 bits per heavy atom. The summed E-state index contributed by atoms with van der Waals surface area (Å²) in [4.78, 5) is 32.9. The third-order valence-corrected chi connectivity index (χ3v) is 6.42. The number of hydrogen-bond acceptors (Lipinski definition) is 4. The van der Waals surface area contributed by atoms with Crippen LogP contribution in [0, 0.1) is 27.7 Å². The lowest BCUT2D eigenvalue weighted by atomic mass is 9.99. The van der Waals surface area contributed by atoms with Crippen LogP contribution in [0.4, 0.5) is 5.69 Å². The van der Waals surface area contributed by atoms with Gasteiger partial charge in [-0.15, -0.1) is 0 Å². The third kappa shape index (κ3) is 3.43. The molecule has 1 saturated heterocycles. The van der Waals surface area contributed by atoms with Crippen LogP contribution in [-0.2, 0) is 9.59 Å². The number of nitrogens with zero attached hydrogens (tertiary/aromatic N) is 3. The standard InChI is InChI=1S/C25H29N3O2/c1-16-6-8-20(14-18(16)3)22-23(27-12-10-26(5)11-13-27)25(30)28(24(22)29)21-9-7-17(2)19(4)15-21/h6-9,14-15H,10-13H2,1-5H3. The Labute approximate surface area is 178 Å². The zero-order valence-electron chi connectivity index (χ0n) is 18.5. The molecule has 0 radical (unpaired) electrons. The van der Waals surface area contributed by atoms with Crippen molar-refractivity contribution in [3.8, 4) is 0 Å². The van der Waals surface area contributed by atoms with Crippen molar-refractivity contribution in [1.82, 2.24) is 9.80 Å². The average molecular weight is 404 g/mol. The fourth-order valence-corrected chi connectivity index (χ4v) is 4.10. The van der Waals surface area contributed by atoms with Gasteiger partial charge in [-0.1, -0.05) is 24.3 Å². The lowest BCUT2D eigenvalue weighted by molar-refractivity contribution is -0.120. The van der Waals surface area contributed by atoms with E-state index in [1.165, 1.54) is 10.5 Å². The molecule has 2 amide bonds. The summed E-state index contributed by atoms with van der Waals surface area (Å²) < 4.78 is 0. The SMILES string of the molecule is Cc1ccc(C2=C(N3CCN(C)CC3)C(=O)N(c3ccc(C)c(C)c3)C2=O)cc1C. The smallest absolute Gasteiger partial charge is 0.282 e. The summed E-state index contributed by atoms with van der Waals surface area (Å²) in [5.74, 6) is -0.457. The summed E-state index contributed by atoms with van der Waals surface area (Å²) in [7, 11) is 2.08. The van der Waals surface area contributed by atoms with Gasteiger partial charge in [-0.25, -0.2) is 4.90 Å². The third-order valence-electron chi connectivity index (χ3n) is 6.42. The number of carbonyl (C=O) groups is 2. The van der Waals surface area contributed by atoms with Crippen molar-refractivity contribution in [1.29, 1.82) is 0 Å². The first-order valence-corrected chi connectivity index (χ1v) is 10.5. The van der Waals surface area contributed by atoms with Gasteiger partial charge in [0, 0.05) is 26.2 Å². The summed E-state index contributed by atoms with van der Waals surface area (Å²) in [6, 6.07) is 11.8. The van der Waals surface area contributed by atoms with Gasteiger partial charge in [-0.3, -0.25) is 9.59 Å². The van der Waals surface area contributed by atoms with Crippen molar-refractivity contribution in [2.45, 2.75) is 27.7 Å². The van der Waals surface area contributed by atoms with Gasteiger partial charge in [0.15, 0.2) is 0 Å². The van der Waals surface area contributed by atoms with Crippen molar-refractivity contribution in [3.05, 3.63) is 69.9 Å². The van der Waals surface area contributed by atoms with Crippen LogP contribution in [-0.4, -0.2) is 54.8 Å². The Kier molecular flexibility index (Phi) is 5.24. The molecule has 2 aliphatic rings. The van der Waals surface area contributed by atoms with Crippen LogP contribution in [0.1, 0.15) is 27.8 Å². The van der Waals surface area contributed by atoms with Crippen LogP contribution in [0.5, 0.6) is 0 Å². The summed E-state index contributed by atoms with van der Waals surface area (Å²) >= 11 is 0. The maximum absolute atomic E-state index is 13.6. The molecule has 156 valence electrons. The highest BCUT2D eigenvalue weighted by atomic mass is 16.2. The second-order valence-electron chi connectivity index (χ2n) is 8.53. The zero-order chi connectivity index (χ0) is 21.6. The normalized spacial score (nSPS) is 18.0. The first-order valence-electron chi connectivity index (χ1n) is 10.5. The summed E-state index contributed by atoms with van der Waals surface area (Å²) in [6.45, 7) is 11.3. The number of hydrogen-bond donors (Lipinski definition) is 0. The number of aryl methyl sites for hydroxylation is 4. The number of anilines is 1. The van der Waals surface area contributed by atoms with Crippen molar-refractivity contribution in [2.75, 3.05) is 38.1 Å². The van der Waals surface area contributed by atoms with Gasteiger partial charge in [-0.2, -0.15) is 0 Å². The summed E-state index contributed by atoms with van der Waals surface area (Å²) in [5.41, 5.74) is 7.00. The molecule has 0 atom stereocenters. The molecule has 5 heteroatoms. The molecule has 5 nitrogen and oxygen atoms in total. The molecule has 0 saturated carbocycles. The van der Waals surface area contributed by atoms with Crippen LogP contribution >= 0.6 is 0 Å². The van der Waals surface area contributed by atoms with E-state index in [1.807, 2.05) is 57.2 Å². The molecule has 0 bridgehead atoms. The van der Waals surface area contributed by atoms with E-state index in [0.717, 1.165) is 48.4 Å². The number of carbonyl (C=O) groups excluding carboxylic acids is 2. The molecule has 0 N–H and O–H groups in total. The summed E-state index contributed by atoms with van der Waals surface area (Å²) in [5, 5.41) is 0. The van der Waals surface area contributed by atoms with Gasteiger partial charge >= 0.3 is 0 Å². The molecule has 1 fully saturated rings. The highest BCUT2D eigenvalue weighted by Gasteiger charge is 2.43. The van der Waals surface area contributed by atoms with Crippen molar-refractivity contribution in [3.63, 3.8) is 0 Å². The second kappa shape index (κ2) is 7.73. The molecule has 4 rings (SSSR count). The fraction of sp³-hybridized carbons (Fsp3) is 0.360. The number of rotatable bonds is 3.